The number of amides is 2. The van der Waals surface area contributed by atoms with Crippen molar-refractivity contribution in [2.75, 3.05) is 22.5 Å². The van der Waals surface area contributed by atoms with Gasteiger partial charge >= 0.3 is 0 Å². The summed E-state index contributed by atoms with van der Waals surface area (Å²) in [5, 5.41) is 9.43. The van der Waals surface area contributed by atoms with E-state index in [2.05, 4.69) is 16.0 Å². The third-order valence-corrected chi connectivity index (χ3v) is 4.55. The second kappa shape index (κ2) is 9.26. The normalized spacial score (nSPS) is 10.2. The number of nitrogens with one attached hydrogen (secondary N) is 3. The van der Waals surface area contributed by atoms with Crippen LogP contribution in [0.3, 0.4) is 0 Å². The van der Waals surface area contributed by atoms with Gasteiger partial charge in [-0.05, 0) is 48.5 Å². The molecule has 5 nitrogen and oxygen atoms in total. The Morgan fingerprint density at radius 2 is 1.43 bits per heavy atom. The number of anilines is 3. The van der Waals surface area contributed by atoms with Gasteiger partial charge < -0.3 is 16.0 Å². The lowest BCUT2D eigenvalue weighted by Gasteiger charge is -2.10. The zero-order valence-corrected chi connectivity index (χ0v) is 16.2. The molecular weight excluding hydrogens is 397 g/mol. The van der Waals surface area contributed by atoms with E-state index in [9.17, 15) is 9.59 Å². The fourth-order valence-electron chi connectivity index (χ4n) is 2.46. The summed E-state index contributed by atoms with van der Waals surface area (Å²) in [5.74, 6) is -0.456. The van der Waals surface area contributed by atoms with Gasteiger partial charge in [0.05, 0.1) is 16.6 Å². The highest BCUT2D eigenvalue weighted by Crippen LogP contribution is 2.25. The predicted molar refractivity (Wildman–Crippen MR) is 114 cm³/mol. The molecule has 0 aliphatic heterocycles. The van der Waals surface area contributed by atoms with Crippen molar-refractivity contribution in [1.82, 2.24) is 0 Å². The van der Waals surface area contributed by atoms with E-state index in [4.69, 9.17) is 23.2 Å². The van der Waals surface area contributed by atoms with E-state index in [-0.39, 0.29) is 18.4 Å². The van der Waals surface area contributed by atoms with E-state index in [0.717, 1.165) is 0 Å². The number of carbonyl (C=O) groups excluding carboxylic acids is 2. The summed E-state index contributed by atoms with van der Waals surface area (Å²) in [6.45, 7) is 0.0541. The lowest BCUT2D eigenvalue weighted by molar-refractivity contribution is -0.114. The third-order valence-electron chi connectivity index (χ3n) is 3.81. The van der Waals surface area contributed by atoms with Crippen molar-refractivity contribution < 1.29 is 9.59 Å². The molecule has 7 heteroatoms. The van der Waals surface area contributed by atoms with E-state index in [1.54, 1.807) is 66.7 Å². The molecule has 2 amide bonds. The fourth-order valence-corrected chi connectivity index (χ4v) is 2.76. The van der Waals surface area contributed by atoms with Crippen LogP contribution in [0.4, 0.5) is 17.1 Å². The van der Waals surface area contributed by atoms with Gasteiger partial charge in [-0.3, -0.25) is 9.59 Å². The second-order valence-electron chi connectivity index (χ2n) is 5.93. The monoisotopic (exact) mass is 413 g/mol. The minimum atomic E-state index is -0.238. The van der Waals surface area contributed by atoms with Crippen molar-refractivity contribution in [2.45, 2.75) is 0 Å². The van der Waals surface area contributed by atoms with Crippen LogP contribution < -0.4 is 16.0 Å². The van der Waals surface area contributed by atoms with Crippen LogP contribution in [-0.4, -0.2) is 18.4 Å². The van der Waals surface area contributed by atoms with Crippen LogP contribution in [0, 0.1) is 0 Å². The van der Waals surface area contributed by atoms with Crippen molar-refractivity contribution in [3.8, 4) is 0 Å². The molecule has 0 fully saturated rings. The number of hydrogen-bond acceptors (Lipinski definition) is 3. The van der Waals surface area contributed by atoms with Gasteiger partial charge in [0, 0.05) is 22.6 Å². The molecule has 3 N–H and O–H groups in total. The maximum absolute atomic E-state index is 12.2. The zero-order valence-electron chi connectivity index (χ0n) is 14.7. The lowest BCUT2D eigenvalue weighted by Crippen LogP contribution is -2.21. The van der Waals surface area contributed by atoms with E-state index >= 15 is 0 Å². The number of rotatable bonds is 6. The van der Waals surface area contributed by atoms with Crippen LogP contribution in [-0.2, 0) is 4.79 Å². The molecule has 0 radical (unpaired) electrons. The molecular formula is C21H17Cl2N3O2. The summed E-state index contributed by atoms with van der Waals surface area (Å²) in [6, 6.07) is 20.9. The van der Waals surface area contributed by atoms with Gasteiger partial charge in [-0.2, -0.15) is 0 Å². The molecule has 3 rings (SSSR count). The van der Waals surface area contributed by atoms with Crippen molar-refractivity contribution in [3.05, 3.63) is 88.4 Å². The minimum Gasteiger partial charge on any atom is -0.376 e. The van der Waals surface area contributed by atoms with Crippen LogP contribution >= 0.6 is 23.2 Å². The first kappa shape index (κ1) is 19.7. The molecule has 28 heavy (non-hydrogen) atoms. The van der Waals surface area contributed by atoms with Gasteiger partial charge in [0.15, 0.2) is 0 Å². The first-order valence-electron chi connectivity index (χ1n) is 8.46. The topological polar surface area (TPSA) is 70.2 Å². The fraction of sp³-hybridized carbons (Fsp3) is 0.0476. The van der Waals surface area contributed by atoms with Gasteiger partial charge in [-0.25, -0.2) is 0 Å². The van der Waals surface area contributed by atoms with Gasteiger partial charge in [0.25, 0.3) is 5.91 Å². The van der Waals surface area contributed by atoms with Crippen molar-refractivity contribution in [3.63, 3.8) is 0 Å². The SMILES string of the molecule is O=C(CNc1ccc(Cl)c(Cl)c1)Nc1cccc(NC(=O)c2ccccc2)c1. The molecule has 3 aromatic carbocycles. The van der Waals surface area contributed by atoms with Crippen LogP contribution in [0.15, 0.2) is 72.8 Å². The van der Waals surface area contributed by atoms with Crippen LogP contribution in [0.1, 0.15) is 10.4 Å². The highest BCUT2D eigenvalue weighted by molar-refractivity contribution is 6.42. The van der Waals surface area contributed by atoms with Crippen molar-refractivity contribution >= 4 is 52.1 Å². The zero-order chi connectivity index (χ0) is 19.9. The number of carbonyl (C=O) groups is 2. The molecule has 0 heterocycles. The summed E-state index contributed by atoms with van der Waals surface area (Å²) in [4.78, 5) is 24.4. The Morgan fingerprint density at radius 3 is 2.14 bits per heavy atom. The Morgan fingerprint density at radius 1 is 0.714 bits per heavy atom. The highest BCUT2D eigenvalue weighted by atomic mass is 35.5. The molecule has 3 aromatic rings. The van der Waals surface area contributed by atoms with Gasteiger partial charge in [-0.1, -0.05) is 47.5 Å². The molecule has 0 bridgehead atoms. The number of hydrogen-bond donors (Lipinski definition) is 3. The highest BCUT2D eigenvalue weighted by Gasteiger charge is 2.07. The summed E-state index contributed by atoms with van der Waals surface area (Å²) < 4.78 is 0. The molecule has 0 aromatic heterocycles. The van der Waals surface area contributed by atoms with E-state index in [1.165, 1.54) is 0 Å². The Labute approximate surface area is 172 Å². The van der Waals surface area contributed by atoms with Gasteiger partial charge in [0.1, 0.15) is 0 Å². The second-order valence-corrected chi connectivity index (χ2v) is 6.75. The quantitative estimate of drug-likeness (QED) is 0.513. The number of benzene rings is 3. The van der Waals surface area contributed by atoms with Crippen LogP contribution in [0.25, 0.3) is 0 Å². The molecule has 0 unspecified atom stereocenters. The average Bonchev–Trinajstić information content (AvgIpc) is 2.70. The average molecular weight is 414 g/mol. The van der Waals surface area contributed by atoms with Crippen molar-refractivity contribution in [2.24, 2.45) is 0 Å². The molecule has 0 aliphatic carbocycles. The van der Waals surface area contributed by atoms with Gasteiger partial charge in [-0.15, -0.1) is 0 Å². The first-order chi connectivity index (χ1) is 13.5. The molecule has 0 saturated heterocycles. The maximum atomic E-state index is 12.2. The Balaban J connectivity index is 1.57. The summed E-state index contributed by atoms with van der Waals surface area (Å²) >= 11 is 11.8. The predicted octanol–water partition coefficient (Wildman–Crippen LogP) is 5.30. The maximum Gasteiger partial charge on any atom is 0.255 e. The van der Waals surface area contributed by atoms with Crippen LogP contribution in [0.5, 0.6) is 0 Å². The minimum absolute atomic E-state index is 0.0541. The first-order valence-corrected chi connectivity index (χ1v) is 9.22. The van der Waals surface area contributed by atoms with E-state index in [1.807, 2.05) is 6.07 Å². The van der Waals surface area contributed by atoms with Crippen molar-refractivity contribution in [1.29, 1.82) is 0 Å². The summed E-state index contributed by atoms with van der Waals surface area (Å²) in [6.07, 6.45) is 0. The Bertz CT molecular complexity index is 994. The molecule has 0 atom stereocenters. The lowest BCUT2D eigenvalue weighted by atomic mass is 10.2. The van der Waals surface area contributed by atoms with Crippen LogP contribution in [0.2, 0.25) is 10.0 Å². The standard InChI is InChI=1S/C21H17Cl2N3O2/c22-18-10-9-15(12-19(18)23)24-13-20(27)25-16-7-4-8-17(11-16)26-21(28)14-5-2-1-3-6-14/h1-12,24H,13H2,(H,25,27)(H,26,28). The molecule has 142 valence electrons. The smallest absolute Gasteiger partial charge is 0.255 e. The number of halogens is 2. The van der Waals surface area contributed by atoms with Gasteiger partial charge in [0.2, 0.25) is 5.91 Å². The van der Waals surface area contributed by atoms with E-state index < -0.39 is 0 Å². The summed E-state index contributed by atoms with van der Waals surface area (Å²) in [5.41, 5.74) is 2.41. The third kappa shape index (κ3) is 5.49. The molecule has 0 spiro atoms. The molecule has 0 saturated carbocycles. The largest absolute Gasteiger partial charge is 0.376 e. The Hall–Kier alpha value is -3.02. The van der Waals surface area contributed by atoms with E-state index in [0.29, 0.717) is 32.7 Å². The Kier molecular flexibility index (Phi) is 6.53. The molecule has 0 aliphatic rings. The summed E-state index contributed by atoms with van der Waals surface area (Å²) in [7, 11) is 0.